The number of aromatic nitrogens is 3. The second kappa shape index (κ2) is 9.44. The van der Waals surface area contributed by atoms with Gasteiger partial charge in [0.25, 0.3) is 5.91 Å². The molecular weight excluding hydrogens is 483 g/mol. The van der Waals surface area contributed by atoms with E-state index in [1.807, 2.05) is 0 Å². The second-order valence-corrected chi connectivity index (χ2v) is 8.85. The Hall–Kier alpha value is -3.63. The van der Waals surface area contributed by atoms with Gasteiger partial charge in [-0.25, -0.2) is 23.7 Å². The van der Waals surface area contributed by atoms with Crippen molar-refractivity contribution in [1.29, 1.82) is 0 Å². The highest BCUT2D eigenvalue weighted by Crippen LogP contribution is 2.43. The minimum absolute atomic E-state index is 0.00129. The number of hydrogen-bond donors (Lipinski definition) is 0. The van der Waals surface area contributed by atoms with E-state index >= 15 is 0 Å². The first-order chi connectivity index (χ1) is 17.3. The van der Waals surface area contributed by atoms with Gasteiger partial charge in [0, 0.05) is 24.7 Å². The van der Waals surface area contributed by atoms with Crippen LogP contribution in [0, 0.1) is 11.7 Å². The lowest BCUT2D eigenvalue weighted by Gasteiger charge is -2.53. The van der Waals surface area contributed by atoms with Gasteiger partial charge in [0.05, 0.1) is 28.8 Å². The van der Waals surface area contributed by atoms with Gasteiger partial charge >= 0.3 is 6.18 Å². The molecule has 2 aromatic heterocycles. The van der Waals surface area contributed by atoms with E-state index in [2.05, 4.69) is 15.0 Å². The Bertz CT molecular complexity index is 1240. The summed E-state index contributed by atoms with van der Waals surface area (Å²) in [5.41, 5.74) is -0.987. The molecular formula is C25H21F5N4O2. The predicted molar refractivity (Wildman–Crippen MR) is 118 cm³/mol. The van der Waals surface area contributed by atoms with Crippen LogP contribution in [0.1, 0.15) is 35.2 Å². The zero-order valence-electron chi connectivity index (χ0n) is 18.8. The van der Waals surface area contributed by atoms with Crippen molar-refractivity contribution < 1.29 is 31.5 Å². The van der Waals surface area contributed by atoms with Crippen LogP contribution in [-0.2, 0) is 6.18 Å². The topological polar surface area (TPSA) is 68.2 Å². The Morgan fingerprint density at radius 1 is 1.06 bits per heavy atom. The molecule has 1 aromatic carbocycles. The van der Waals surface area contributed by atoms with Crippen LogP contribution in [0.2, 0.25) is 0 Å². The van der Waals surface area contributed by atoms with Crippen molar-refractivity contribution in [3.63, 3.8) is 0 Å². The molecule has 6 rings (SSSR count). The molecule has 3 fully saturated rings. The third-order valence-electron chi connectivity index (χ3n) is 6.82. The summed E-state index contributed by atoms with van der Waals surface area (Å²) in [4.78, 5) is 27.1. The molecule has 0 N–H and O–H groups in total. The number of hydrogen-bond acceptors (Lipinski definition) is 5. The molecule has 6 nitrogen and oxygen atoms in total. The number of carbonyl (C=O) groups is 1. The molecule has 4 unspecified atom stereocenters. The highest BCUT2D eigenvalue weighted by molar-refractivity contribution is 6.00. The number of piperidine rings is 2. The first kappa shape index (κ1) is 24.1. The zero-order valence-corrected chi connectivity index (χ0v) is 18.8. The largest absolute Gasteiger partial charge is 0.472 e. The van der Waals surface area contributed by atoms with Crippen molar-refractivity contribution in [3.8, 4) is 17.3 Å². The molecule has 4 atom stereocenters. The fraction of sp³-hybridized carbons (Fsp3) is 0.360. The molecule has 1 aliphatic carbocycles. The molecule has 1 amide bonds. The number of benzene rings is 1. The van der Waals surface area contributed by atoms with Gasteiger partial charge < -0.3 is 9.64 Å². The molecule has 0 spiro atoms. The smallest absolute Gasteiger partial charge is 0.417 e. The van der Waals surface area contributed by atoms with Crippen LogP contribution in [0.15, 0.2) is 55.0 Å². The highest BCUT2D eigenvalue weighted by atomic mass is 19.4. The maximum Gasteiger partial charge on any atom is 0.417 e. The summed E-state index contributed by atoms with van der Waals surface area (Å²) in [6.07, 6.45) is -0.00509. The van der Waals surface area contributed by atoms with Gasteiger partial charge in [0.15, 0.2) is 5.82 Å². The third kappa shape index (κ3) is 4.38. The molecule has 3 aromatic rings. The molecule has 2 saturated heterocycles. The number of ether oxygens (including phenoxy) is 1. The number of amides is 1. The van der Waals surface area contributed by atoms with Crippen molar-refractivity contribution in [1.82, 2.24) is 19.9 Å². The summed E-state index contributed by atoms with van der Waals surface area (Å²) in [5.74, 6) is -1.49. The summed E-state index contributed by atoms with van der Waals surface area (Å²) in [5, 5.41) is 0. The van der Waals surface area contributed by atoms with Crippen LogP contribution < -0.4 is 4.74 Å². The van der Waals surface area contributed by atoms with E-state index in [4.69, 9.17) is 4.74 Å². The highest BCUT2D eigenvalue weighted by Gasteiger charge is 2.50. The Morgan fingerprint density at radius 2 is 1.83 bits per heavy atom. The number of alkyl halides is 4. The van der Waals surface area contributed by atoms with Crippen molar-refractivity contribution in [2.75, 3.05) is 6.67 Å². The fourth-order valence-electron chi connectivity index (χ4n) is 5.18. The lowest BCUT2D eigenvalue weighted by Crippen LogP contribution is -2.65. The predicted octanol–water partition coefficient (Wildman–Crippen LogP) is 5.11. The minimum atomic E-state index is -4.53. The molecule has 36 heavy (non-hydrogen) atoms. The standard InChI is InChI=1S/C25H21F5N4O2/c26-12-19-14-5-7-18(20(11-14)36-21-8-6-15(13-33-21)25(28,29)30)34(19)24(35)16-3-1-4-17(27)22(16)23-31-9-2-10-32-23/h1-4,6,8-10,13-14,18-20H,5,7,11-12H2. The van der Waals surface area contributed by atoms with Crippen molar-refractivity contribution in [2.24, 2.45) is 5.92 Å². The first-order valence-corrected chi connectivity index (χ1v) is 11.4. The number of nitrogens with zero attached hydrogens (tertiary/aromatic N) is 4. The molecule has 2 bridgehead atoms. The van der Waals surface area contributed by atoms with Crippen LogP contribution in [-0.4, -0.2) is 50.6 Å². The maximum atomic E-state index is 14.9. The summed E-state index contributed by atoms with van der Waals surface area (Å²) < 4.78 is 73.6. The Labute approximate surface area is 203 Å². The average molecular weight is 504 g/mol. The van der Waals surface area contributed by atoms with E-state index in [-0.39, 0.29) is 28.7 Å². The summed E-state index contributed by atoms with van der Waals surface area (Å²) in [7, 11) is 0. The van der Waals surface area contributed by atoms with E-state index in [0.717, 1.165) is 12.1 Å². The van der Waals surface area contributed by atoms with Crippen LogP contribution in [0.5, 0.6) is 5.88 Å². The van der Waals surface area contributed by atoms with E-state index in [9.17, 15) is 26.7 Å². The fourth-order valence-corrected chi connectivity index (χ4v) is 5.18. The van der Waals surface area contributed by atoms with E-state index < -0.39 is 48.3 Å². The van der Waals surface area contributed by atoms with Gasteiger partial charge in [-0.3, -0.25) is 4.79 Å². The normalized spacial score (nSPS) is 23.5. The van der Waals surface area contributed by atoms with Crippen molar-refractivity contribution in [3.05, 3.63) is 71.9 Å². The van der Waals surface area contributed by atoms with E-state index in [1.165, 1.54) is 35.5 Å². The Morgan fingerprint density at radius 3 is 2.50 bits per heavy atom. The minimum Gasteiger partial charge on any atom is -0.472 e. The van der Waals surface area contributed by atoms with Gasteiger partial charge in [-0.1, -0.05) is 6.07 Å². The SMILES string of the molecule is O=C(c1cccc(F)c1-c1ncccn1)N1C(CF)C2CCC1C(Oc1ccc(C(F)(F)F)cn1)C2. The van der Waals surface area contributed by atoms with Crippen LogP contribution >= 0.6 is 0 Å². The Kier molecular flexibility index (Phi) is 6.31. The molecule has 1 saturated carbocycles. The number of fused-ring (bicyclic) bond motifs is 3. The van der Waals surface area contributed by atoms with Crippen LogP contribution in [0.25, 0.3) is 11.4 Å². The molecule has 4 heterocycles. The number of pyridine rings is 1. The molecule has 0 radical (unpaired) electrons. The molecule has 2 aliphatic heterocycles. The Balaban J connectivity index is 1.46. The van der Waals surface area contributed by atoms with E-state index in [1.54, 1.807) is 6.07 Å². The van der Waals surface area contributed by atoms with Crippen molar-refractivity contribution >= 4 is 5.91 Å². The lowest BCUT2D eigenvalue weighted by atomic mass is 9.72. The van der Waals surface area contributed by atoms with Crippen molar-refractivity contribution in [2.45, 2.75) is 43.6 Å². The second-order valence-electron chi connectivity index (χ2n) is 8.85. The molecule has 11 heteroatoms. The summed E-state index contributed by atoms with van der Waals surface area (Å²) in [6, 6.07) is 6.29. The van der Waals surface area contributed by atoms with Gasteiger partial charge in [0.1, 0.15) is 18.6 Å². The number of carbonyl (C=O) groups excluding carboxylic acids is 1. The third-order valence-corrected chi connectivity index (χ3v) is 6.82. The molecule has 3 aliphatic rings. The zero-order chi connectivity index (χ0) is 25.4. The van der Waals surface area contributed by atoms with Gasteiger partial charge in [-0.15, -0.1) is 0 Å². The van der Waals surface area contributed by atoms with E-state index in [0.29, 0.717) is 25.5 Å². The first-order valence-electron chi connectivity index (χ1n) is 11.4. The number of rotatable bonds is 5. The number of halogens is 5. The average Bonchev–Trinajstić information content (AvgIpc) is 2.88. The summed E-state index contributed by atoms with van der Waals surface area (Å²) in [6.45, 7) is -0.787. The van der Waals surface area contributed by atoms with Gasteiger partial charge in [-0.2, -0.15) is 13.2 Å². The van der Waals surface area contributed by atoms with Gasteiger partial charge in [0.2, 0.25) is 5.88 Å². The quantitative estimate of drug-likeness (QED) is 0.452. The van der Waals surface area contributed by atoms with Crippen LogP contribution in [0.3, 0.4) is 0 Å². The monoisotopic (exact) mass is 504 g/mol. The summed E-state index contributed by atoms with van der Waals surface area (Å²) >= 11 is 0. The maximum absolute atomic E-state index is 14.9. The molecule has 188 valence electrons. The van der Waals surface area contributed by atoms with Crippen LogP contribution in [0.4, 0.5) is 22.0 Å². The lowest BCUT2D eigenvalue weighted by molar-refractivity contribution is -0.137. The van der Waals surface area contributed by atoms with Gasteiger partial charge in [-0.05, 0) is 49.4 Å².